The van der Waals surface area contributed by atoms with Crippen molar-refractivity contribution in [1.82, 2.24) is 4.90 Å². The number of nitrogens with zero attached hydrogens (tertiary/aromatic N) is 1. The third-order valence-electron chi connectivity index (χ3n) is 3.31. The van der Waals surface area contributed by atoms with Crippen LogP contribution in [0, 0.1) is 0 Å². The van der Waals surface area contributed by atoms with Crippen LogP contribution in [0.2, 0.25) is 0 Å². The van der Waals surface area contributed by atoms with Crippen LogP contribution in [0.5, 0.6) is 0 Å². The van der Waals surface area contributed by atoms with E-state index in [2.05, 4.69) is 12.1 Å². The van der Waals surface area contributed by atoms with Gasteiger partial charge in [-0.05, 0) is 24.5 Å². The van der Waals surface area contributed by atoms with Crippen LogP contribution in [0.15, 0.2) is 24.3 Å². The first-order chi connectivity index (χ1) is 8.70. The standard InChI is InChI=1S/C14H20N2O2/c1-11(8-15)18-10-14(17)16-7-6-12-4-2-3-5-13(12)9-16/h2-5,11H,6-10,15H2,1H3. The van der Waals surface area contributed by atoms with Gasteiger partial charge >= 0.3 is 0 Å². The monoisotopic (exact) mass is 248 g/mol. The minimum absolute atomic E-state index is 0.0461. The molecule has 0 fully saturated rings. The second-order valence-corrected chi connectivity index (χ2v) is 4.69. The van der Waals surface area contributed by atoms with Gasteiger partial charge in [0.2, 0.25) is 5.91 Å². The quantitative estimate of drug-likeness (QED) is 0.862. The van der Waals surface area contributed by atoms with E-state index in [1.807, 2.05) is 24.0 Å². The Morgan fingerprint density at radius 1 is 1.44 bits per heavy atom. The highest BCUT2D eigenvalue weighted by Crippen LogP contribution is 2.18. The average Bonchev–Trinajstić information content (AvgIpc) is 2.43. The van der Waals surface area contributed by atoms with Crippen molar-refractivity contribution >= 4 is 5.91 Å². The molecular weight excluding hydrogens is 228 g/mol. The van der Waals surface area contributed by atoms with Gasteiger partial charge in [0.05, 0.1) is 6.10 Å². The summed E-state index contributed by atoms with van der Waals surface area (Å²) in [6.45, 7) is 3.90. The molecule has 0 saturated heterocycles. The lowest BCUT2D eigenvalue weighted by molar-refractivity contribution is -0.138. The summed E-state index contributed by atoms with van der Waals surface area (Å²) in [6.07, 6.45) is 0.861. The van der Waals surface area contributed by atoms with Crippen molar-refractivity contribution < 1.29 is 9.53 Å². The summed E-state index contributed by atoms with van der Waals surface area (Å²) in [5, 5.41) is 0. The molecule has 1 aliphatic heterocycles. The fraction of sp³-hybridized carbons (Fsp3) is 0.500. The summed E-state index contributed by atoms with van der Waals surface area (Å²) in [7, 11) is 0. The van der Waals surface area contributed by atoms with Gasteiger partial charge in [-0.1, -0.05) is 24.3 Å². The van der Waals surface area contributed by atoms with Gasteiger partial charge in [0.25, 0.3) is 0 Å². The molecule has 1 aliphatic rings. The number of ether oxygens (including phenoxy) is 1. The molecule has 4 nitrogen and oxygen atoms in total. The highest BCUT2D eigenvalue weighted by molar-refractivity contribution is 5.77. The highest BCUT2D eigenvalue weighted by Gasteiger charge is 2.20. The van der Waals surface area contributed by atoms with E-state index in [4.69, 9.17) is 10.5 Å². The number of rotatable bonds is 4. The number of hydrogen-bond donors (Lipinski definition) is 1. The molecule has 1 unspecified atom stereocenters. The first-order valence-corrected chi connectivity index (χ1v) is 6.37. The SMILES string of the molecule is CC(CN)OCC(=O)N1CCc2ccccc2C1. The summed E-state index contributed by atoms with van der Waals surface area (Å²) in [4.78, 5) is 13.8. The van der Waals surface area contributed by atoms with E-state index in [1.54, 1.807) is 0 Å². The van der Waals surface area contributed by atoms with Crippen LogP contribution >= 0.6 is 0 Å². The van der Waals surface area contributed by atoms with Gasteiger partial charge in [0.15, 0.2) is 0 Å². The van der Waals surface area contributed by atoms with E-state index in [0.29, 0.717) is 13.1 Å². The lowest BCUT2D eigenvalue weighted by Crippen LogP contribution is -2.39. The first-order valence-electron chi connectivity index (χ1n) is 6.37. The van der Waals surface area contributed by atoms with Crippen LogP contribution in [0.3, 0.4) is 0 Å². The predicted octanol–water partition coefficient (Wildman–Crippen LogP) is 0.935. The van der Waals surface area contributed by atoms with Crippen LogP contribution in [0.1, 0.15) is 18.1 Å². The largest absolute Gasteiger partial charge is 0.367 e. The Bertz CT molecular complexity index is 420. The lowest BCUT2D eigenvalue weighted by Gasteiger charge is -2.29. The zero-order valence-electron chi connectivity index (χ0n) is 10.8. The molecular formula is C14H20N2O2. The summed E-state index contributed by atoms with van der Waals surface area (Å²) < 4.78 is 5.38. The first kappa shape index (κ1) is 13.1. The average molecular weight is 248 g/mol. The zero-order chi connectivity index (χ0) is 13.0. The smallest absolute Gasteiger partial charge is 0.248 e. The maximum atomic E-state index is 12.0. The van der Waals surface area contributed by atoms with Crippen LogP contribution in [0.25, 0.3) is 0 Å². The van der Waals surface area contributed by atoms with E-state index in [0.717, 1.165) is 13.0 Å². The summed E-state index contributed by atoms with van der Waals surface area (Å²) in [6, 6.07) is 8.27. The summed E-state index contributed by atoms with van der Waals surface area (Å²) in [5.74, 6) is 0.0461. The molecule has 1 aromatic carbocycles. The summed E-state index contributed by atoms with van der Waals surface area (Å²) in [5.41, 5.74) is 8.03. The van der Waals surface area contributed by atoms with E-state index in [-0.39, 0.29) is 18.6 Å². The molecule has 1 atom stereocenters. The van der Waals surface area contributed by atoms with Crippen LogP contribution in [-0.2, 0) is 22.5 Å². The fourth-order valence-electron chi connectivity index (χ4n) is 2.08. The number of hydrogen-bond acceptors (Lipinski definition) is 3. The maximum absolute atomic E-state index is 12.0. The third kappa shape index (κ3) is 3.09. The molecule has 98 valence electrons. The Kier molecular flexibility index (Phi) is 4.33. The van der Waals surface area contributed by atoms with E-state index < -0.39 is 0 Å². The topological polar surface area (TPSA) is 55.6 Å². The van der Waals surface area contributed by atoms with Crippen LogP contribution in [-0.4, -0.2) is 36.6 Å². The molecule has 0 aliphatic carbocycles. The molecule has 0 spiro atoms. The molecule has 0 radical (unpaired) electrons. The molecule has 1 aromatic rings. The number of carbonyl (C=O) groups excluding carboxylic acids is 1. The molecule has 18 heavy (non-hydrogen) atoms. The third-order valence-corrected chi connectivity index (χ3v) is 3.31. The second kappa shape index (κ2) is 5.98. The van der Waals surface area contributed by atoms with Crippen LogP contribution < -0.4 is 5.73 Å². The van der Waals surface area contributed by atoms with Crippen molar-refractivity contribution in [2.75, 3.05) is 19.7 Å². The summed E-state index contributed by atoms with van der Waals surface area (Å²) >= 11 is 0. The second-order valence-electron chi connectivity index (χ2n) is 4.69. The van der Waals surface area contributed by atoms with Gasteiger partial charge in [-0.25, -0.2) is 0 Å². The number of amides is 1. The fourth-order valence-corrected chi connectivity index (χ4v) is 2.08. The Morgan fingerprint density at radius 2 is 2.17 bits per heavy atom. The number of fused-ring (bicyclic) bond motifs is 1. The molecule has 2 N–H and O–H groups in total. The van der Waals surface area contributed by atoms with Gasteiger partial charge in [0.1, 0.15) is 6.61 Å². The van der Waals surface area contributed by atoms with Gasteiger partial charge < -0.3 is 15.4 Å². The van der Waals surface area contributed by atoms with Crippen molar-refractivity contribution in [2.45, 2.75) is 26.0 Å². The number of benzene rings is 1. The molecule has 0 aromatic heterocycles. The van der Waals surface area contributed by atoms with Gasteiger partial charge in [-0.3, -0.25) is 4.79 Å². The van der Waals surface area contributed by atoms with E-state index in [9.17, 15) is 4.79 Å². The lowest BCUT2D eigenvalue weighted by atomic mass is 10.00. The molecule has 1 amide bonds. The minimum atomic E-state index is -0.0639. The van der Waals surface area contributed by atoms with Crippen molar-refractivity contribution in [3.05, 3.63) is 35.4 Å². The molecule has 0 saturated carbocycles. The molecule has 2 rings (SSSR count). The van der Waals surface area contributed by atoms with Crippen LogP contribution in [0.4, 0.5) is 0 Å². The van der Waals surface area contributed by atoms with Gasteiger partial charge in [0, 0.05) is 19.6 Å². The number of carbonyl (C=O) groups is 1. The van der Waals surface area contributed by atoms with Gasteiger partial charge in [-0.15, -0.1) is 0 Å². The Balaban J connectivity index is 1.90. The maximum Gasteiger partial charge on any atom is 0.248 e. The highest BCUT2D eigenvalue weighted by atomic mass is 16.5. The Hall–Kier alpha value is -1.39. The van der Waals surface area contributed by atoms with Crippen molar-refractivity contribution in [3.63, 3.8) is 0 Å². The van der Waals surface area contributed by atoms with E-state index >= 15 is 0 Å². The van der Waals surface area contributed by atoms with Gasteiger partial charge in [-0.2, -0.15) is 0 Å². The van der Waals surface area contributed by atoms with E-state index in [1.165, 1.54) is 11.1 Å². The minimum Gasteiger partial charge on any atom is -0.367 e. The molecule has 1 heterocycles. The molecule has 0 bridgehead atoms. The Morgan fingerprint density at radius 3 is 2.89 bits per heavy atom. The van der Waals surface area contributed by atoms with Crippen molar-refractivity contribution in [1.29, 1.82) is 0 Å². The zero-order valence-corrected chi connectivity index (χ0v) is 10.8. The predicted molar refractivity (Wildman–Crippen MR) is 70.0 cm³/mol. The Labute approximate surface area is 108 Å². The van der Waals surface area contributed by atoms with Crippen molar-refractivity contribution in [2.24, 2.45) is 5.73 Å². The normalized spacial score (nSPS) is 16.2. The van der Waals surface area contributed by atoms with Crippen molar-refractivity contribution in [3.8, 4) is 0 Å². The molecule has 4 heteroatoms. The number of nitrogens with two attached hydrogens (primary N) is 1.